The molecule has 1 aromatic carbocycles. The molecule has 0 atom stereocenters. The molecule has 0 aliphatic carbocycles. The summed E-state index contributed by atoms with van der Waals surface area (Å²) in [5.74, 6) is -0.230. The normalized spacial score (nSPS) is 10.2. The molecule has 0 heterocycles. The average Bonchev–Trinajstić information content (AvgIpc) is 2.43. The summed E-state index contributed by atoms with van der Waals surface area (Å²) >= 11 is 0. The van der Waals surface area contributed by atoms with E-state index in [-0.39, 0.29) is 0 Å². The summed E-state index contributed by atoms with van der Waals surface area (Å²) in [4.78, 5) is 20.8. The van der Waals surface area contributed by atoms with E-state index in [0.29, 0.717) is 17.9 Å². The third kappa shape index (κ3) is 6.38. The van der Waals surface area contributed by atoms with Gasteiger partial charge in [-0.15, -0.1) is 0 Å². The minimum Gasteiger partial charge on any atom is -0.478 e. The first-order chi connectivity index (χ1) is 9.63. The zero-order chi connectivity index (χ0) is 14.8. The van der Waals surface area contributed by atoms with E-state index in [9.17, 15) is 4.79 Å². The molecule has 0 fully saturated rings. The van der Waals surface area contributed by atoms with Crippen molar-refractivity contribution < 1.29 is 19.7 Å². The van der Waals surface area contributed by atoms with Gasteiger partial charge in [-0.2, -0.15) is 4.89 Å². The number of benzene rings is 1. The lowest BCUT2D eigenvalue weighted by atomic mass is 10.1. The molecule has 1 rings (SSSR count). The van der Waals surface area contributed by atoms with Crippen LogP contribution in [0.3, 0.4) is 0 Å². The van der Waals surface area contributed by atoms with Crippen molar-refractivity contribution in [2.24, 2.45) is 0 Å². The van der Waals surface area contributed by atoms with Gasteiger partial charge < -0.3 is 9.99 Å². The monoisotopic (exact) mass is 278 g/mol. The first-order valence-electron chi connectivity index (χ1n) is 6.93. The quantitative estimate of drug-likeness (QED) is 0.304. The Hall–Kier alpha value is -1.81. The minimum absolute atomic E-state index is 0.319. The topological polar surface area (TPSA) is 55.8 Å². The molecule has 0 unspecified atom stereocenters. The highest BCUT2D eigenvalue weighted by Crippen LogP contribution is 2.09. The Labute approximate surface area is 120 Å². The van der Waals surface area contributed by atoms with E-state index in [4.69, 9.17) is 14.9 Å². The van der Waals surface area contributed by atoms with Crippen LogP contribution in [0.25, 0.3) is 0 Å². The molecule has 0 amide bonds. The third-order valence-electron chi connectivity index (χ3n) is 2.85. The molecule has 0 saturated carbocycles. The Morgan fingerprint density at radius 2 is 1.95 bits per heavy atom. The average molecular weight is 278 g/mol. The van der Waals surface area contributed by atoms with Crippen LogP contribution in [0, 0.1) is 0 Å². The number of aromatic carboxylic acids is 1. The van der Waals surface area contributed by atoms with E-state index in [1.807, 2.05) is 12.1 Å². The predicted molar refractivity (Wildman–Crippen MR) is 77.4 cm³/mol. The zero-order valence-electron chi connectivity index (χ0n) is 11.9. The molecule has 4 heteroatoms. The second-order valence-corrected chi connectivity index (χ2v) is 4.65. The van der Waals surface area contributed by atoms with Crippen molar-refractivity contribution >= 4 is 5.97 Å². The number of hydrogen-bond acceptors (Lipinski definition) is 3. The highest BCUT2D eigenvalue weighted by atomic mass is 17.2. The predicted octanol–water partition coefficient (Wildman–Crippen LogP) is 3.97. The summed E-state index contributed by atoms with van der Waals surface area (Å²) in [5.41, 5.74) is 1.45. The Balaban J connectivity index is 2.12. The summed E-state index contributed by atoms with van der Waals surface area (Å²) in [5, 5.41) is 8.79. The summed E-state index contributed by atoms with van der Waals surface area (Å²) in [7, 11) is 0. The van der Waals surface area contributed by atoms with Gasteiger partial charge in [0.15, 0.2) is 0 Å². The van der Waals surface area contributed by atoms with Gasteiger partial charge in [-0.1, -0.05) is 25.6 Å². The Morgan fingerprint density at radius 1 is 1.25 bits per heavy atom. The van der Waals surface area contributed by atoms with Crippen molar-refractivity contribution in [2.45, 2.75) is 39.0 Å². The number of carboxylic acids is 1. The maximum atomic E-state index is 10.7. The highest BCUT2D eigenvalue weighted by molar-refractivity contribution is 5.87. The van der Waals surface area contributed by atoms with Crippen molar-refractivity contribution in [1.82, 2.24) is 0 Å². The van der Waals surface area contributed by atoms with E-state index < -0.39 is 5.97 Å². The second-order valence-electron chi connectivity index (χ2n) is 4.65. The lowest BCUT2D eigenvalue weighted by Gasteiger charge is -2.06. The fourth-order valence-electron chi connectivity index (χ4n) is 1.75. The van der Waals surface area contributed by atoms with Gasteiger partial charge in [-0.25, -0.2) is 4.79 Å². The van der Waals surface area contributed by atoms with Gasteiger partial charge in [0, 0.05) is 6.42 Å². The minimum atomic E-state index is -0.894. The van der Waals surface area contributed by atoms with Crippen LogP contribution in [0.1, 0.15) is 48.5 Å². The van der Waals surface area contributed by atoms with E-state index in [1.54, 1.807) is 12.1 Å². The lowest BCUT2D eigenvalue weighted by Crippen LogP contribution is -1.98. The van der Waals surface area contributed by atoms with E-state index in [1.165, 1.54) is 0 Å². The molecule has 0 spiro atoms. The van der Waals surface area contributed by atoms with E-state index in [0.717, 1.165) is 37.7 Å². The largest absolute Gasteiger partial charge is 0.478 e. The summed E-state index contributed by atoms with van der Waals surface area (Å²) in [6.45, 7) is 6.33. The molecule has 0 aliphatic rings. The van der Waals surface area contributed by atoms with Crippen molar-refractivity contribution in [3.63, 3.8) is 0 Å². The summed E-state index contributed by atoms with van der Waals surface area (Å²) < 4.78 is 0. The number of hydrogen-bond donors (Lipinski definition) is 1. The van der Waals surface area contributed by atoms with Gasteiger partial charge in [0.05, 0.1) is 12.2 Å². The number of rotatable bonds is 10. The molecular formula is C16H22O4. The van der Waals surface area contributed by atoms with Gasteiger partial charge in [-0.05, 0) is 43.4 Å². The van der Waals surface area contributed by atoms with E-state index in [2.05, 4.69) is 13.5 Å². The highest BCUT2D eigenvalue weighted by Gasteiger charge is 2.01. The SMILES string of the molecule is C=C(CCC)OOCCCCc1ccc(C(=O)O)cc1. The zero-order valence-corrected chi connectivity index (χ0v) is 11.9. The Bertz CT molecular complexity index is 423. The smallest absolute Gasteiger partial charge is 0.335 e. The molecular weight excluding hydrogens is 256 g/mol. The molecule has 0 bridgehead atoms. The van der Waals surface area contributed by atoms with Crippen LogP contribution < -0.4 is 0 Å². The molecule has 4 nitrogen and oxygen atoms in total. The number of unbranched alkanes of at least 4 members (excludes halogenated alkanes) is 1. The van der Waals surface area contributed by atoms with Crippen LogP contribution in [-0.4, -0.2) is 17.7 Å². The maximum Gasteiger partial charge on any atom is 0.335 e. The second kappa shape index (κ2) is 9.15. The summed E-state index contributed by atoms with van der Waals surface area (Å²) in [6, 6.07) is 6.96. The van der Waals surface area contributed by atoms with Crippen molar-refractivity contribution in [1.29, 1.82) is 0 Å². The first-order valence-corrected chi connectivity index (χ1v) is 6.93. The molecule has 1 N–H and O–H groups in total. The van der Waals surface area contributed by atoms with Crippen LogP contribution in [0.15, 0.2) is 36.6 Å². The molecule has 20 heavy (non-hydrogen) atoms. The number of allylic oxidation sites excluding steroid dienone is 1. The van der Waals surface area contributed by atoms with Crippen LogP contribution >= 0.6 is 0 Å². The molecule has 110 valence electrons. The van der Waals surface area contributed by atoms with Crippen LogP contribution in [-0.2, 0) is 16.2 Å². The number of carbonyl (C=O) groups is 1. The number of aryl methyl sites for hydroxylation is 1. The molecule has 0 saturated heterocycles. The lowest BCUT2D eigenvalue weighted by molar-refractivity contribution is -0.263. The van der Waals surface area contributed by atoms with Gasteiger partial charge >= 0.3 is 5.97 Å². The standard InChI is InChI=1S/C16H22O4/c1-3-6-13(2)20-19-12-5-4-7-14-8-10-15(11-9-14)16(17)18/h8-11H,2-7,12H2,1H3,(H,17,18). The van der Waals surface area contributed by atoms with Gasteiger partial charge in [0.25, 0.3) is 0 Å². The van der Waals surface area contributed by atoms with Crippen molar-refractivity contribution in [3.05, 3.63) is 47.7 Å². The van der Waals surface area contributed by atoms with E-state index >= 15 is 0 Å². The molecule has 0 aliphatic heterocycles. The Morgan fingerprint density at radius 3 is 2.55 bits per heavy atom. The fraction of sp³-hybridized carbons (Fsp3) is 0.438. The molecule has 0 radical (unpaired) electrons. The third-order valence-corrected chi connectivity index (χ3v) is 2.85. The van der Waals surface area contributed by atoms with Gasteiger partial charge in [-0.3, -0.25) is 0 Å². The van der Waals surface area contributed by atoms with Crippen molar-refractivity contribution in [3.8, 4) is 0 Å². The summed E-state index contributed by atoms with van der Waals surface area (Å²) in [6.07, 6.45) is 4.57. The molecule has 0 aromatic heterocycles. The van der Waals surface area contributed by atoms with Crippen LogP contribution in [0.2, 0.25) is 0 Å². The maximum absolute atomic E-state index is 10.7. The Kier molecular flexibility index (Phi) is 7.43. The van der Waals surface area contributed by atoms with Crippen molar-refractivity contribution in [2.75, 3.05) is 6.61 Å². The fourth-order valence-corrected chi connectivity index (χ4v) is 1.75. The van der Waals surface area contributed by atoms with Crippen LogP contribution in [0.5, 0.6) is 0 Å². The number of carboxylic acid groups (broad SMARTS) is 1. The molecule has 1 aromatic rings. The van der Waals surface area contributed by atoms with Crippen LogP contribution in [0.4, 0.5) is 0 Å². The van der Waals surface area contributed by atoms with Gasteiger partial charge in [0.1, 0.15) is 5.76 Å². The first kappa shape index (κ1) is 16.2. The van der Waals surface area contributed by atoms with Gasteiger partial charge in [0.2, 0.25) is 0 Å².